The predicted octanol–water partition coefficient (Wildman–Crippen LogP) is 5.27. The van der Waals surface area contributed by atoms with E-state index in [9.17, 15) is 19.1 Å². The van der Waals surface area contributed by atoms with Crippen molar-refractivity contribution in [2.24, 2.45) is 5.92 Å². The summed E-state index contributed by atoms with van der Waals surface area (Å²) in [4.78, 5) is 17.9. The van der Waals surface area contributed by atoms with Crippen LogP contribution >= 0.6 is 0 Å². The van der Waals surface area contributed by atoms with E-state index in [1.165, 1.54) is 24.3 Å². The normalized spacial score (nSPS) is 25.4. The number of rotatable bonds is 4. The van der Waals surface area contributed by atoms with Crippen LogP contribution in [0.15, 0.2) is 24.3 Å². The summed E-state index contributed by atoms with van der Waals surface area (Å²) in [6, 6.07) is 7.21. The van der Waals surface area contributed by atoms with Crippen molar-refractivity contribution >= 4 is 27.5 Å². The molecule has 0 aliphatic carbocycles. The highest BCUT2D eigenvalue weighted by molar-refractivity contribution is 6.04. The number of aromatic nitrogens is 3. The quantitative estimate of drug-likeness (QED) is 0.304. The molecule has 1 N–H and O–H groups in total. The van der Waals surface area contributed by atoms with Gasteiger partial charge in [-0.3, -0.25) is 4.90 Å². The fourth-order valence-electron chi connectivity index (χ4n) is 7.90. The van der Waals surface area contributed by atoms with Crippen molar-refractivity contribution in [1.29, 1.82) is 5.26 Å². The van der Waals surface area contributed by atoms with Gasteiger partial charge in [-0.15, -0.1) is 6.42 Å². The van der Waals surface area contributed by atoms with Gasteiger partial charge in [-0.25, -0.2) is 18.2 Å². The molecule has 0 radical (unpaired) electrons. The van der Waals surface area contributed by atoms with Crippen molar-refractivity contribution in [2.45, 2.75) is 49.9 Å². The largest absolute Gasteiger partial charge is 0.508 e. The van der Waals surface area contributed by atoms with Gasteiger partial charge in [0.05, 0.1) is 29.1 Å². The number of nitriles is 1. The number of alkyl halides is 1. The smallest absolute Gasteiger partial charge is 0.319 e. The maximum atomic E-state index is 16.9. The number of halogens is 3. The van der Waals surface area contributed by atoms with Gasteiger partial charge < -0.3 is 19.5 Å². The van der Waals surface area contributed by atoms with E-state index in [0.29, 0.717) is 43.6 Å². The second-order valence-corrected chi connectivity index (χ2v) is 12.6. The number of terminal acetylenes is 1. The summed E-state index contributed by atoms with van der Waals surface area (Å²) in [6.45, 7) is 1.89. The molecular weight excluding hydrogens is 597 g/mol. The van der Waals surface area contributed by atoms with E-state index in [2.05, 4.69) is 26.9 Å². The van der Waals surface area contributed by atoms with Crippen molar-refractivity contribution in [3.8, 4) is 47.3 Å². The van der Waals surface area contributed by atoms with E-state index in [0.717, 1.165) is 19.4 Å². The van der Waals surface area contributed by atoms with Gasteiger partial charge in [0.1, 0.15) is 53.4 Å². The molecule has 234 valence electrons. The van der Waals surface area contributed by atoms with Gasteiger partial charge in [0.15, 0.2) is 5.82 Å². The van der Waals surface area contributed by atoms with Crippen molar-refractivity contribution in [1.82, 2.24) is 19.9 Å². The van der Waals surface area contributed by atoms with Gasteiger partial charge in [0, 0.05) is 30.5 Å². The fourth-order valence-corrected chi connectivity index (χ4v) is 7.90. The number of aromatic hydroxyl groups is 1. The monoisotopic (exact) mass is 626 g/mol. The lowest BCUT2D eigenvalue weighted by Crippen LogP contribution is -2.48. The molecule has 3 saturated heterocycles. The number of nitrogens with zero attached hydrogens (tertiary/aromatic N) is 6. The molecule has 0 saturated carbocycles. The highest BCUT2D eigenvalue weighted by Gasteiger charge is 2.49. The van der Waals surface area contributed by atoms with Crippen LogP contribution in [0.5, 0.6) is 17.6 Å². The molecular formula is C34H29F3N6O3. The molecule has 3 fully saturated rings. The van der Waals surface area contributed by atoms with Crippen LogP contribution in [0.2, 0.25) is 0 Å². The minimum absolute atomic E-state index is 0.0332. The summed E-state index contributed by atoms with van der Waals surface area (Å²) in [5.74, 6) is 0.599. The lowest BCUT2D eigenvalue weighted by molar-refractivity contribution is 0.107. The third-order valence-corrected chi connectivity index (χ3v) is 10.0. The average Bonchev–Trinajstić information content (AvgIpc) is 3.52. The molecule has 2 aromatic carbocycles. The Labute approximate surface area is 262 Å². The van der Waals surface area contributed by atoms with Gasteiger partial charge in [0.25, 0.3) is 0 Å². The molecule has 0 spiro atoms. The minimum Gasteiger partial charge on any atom is -0.508 e. The highest BCUT2D eigenvalue weighted by Crippen LogP contribution is 2.45. The number of pyridine rings is 1. The minimum atomic E-state index is -0.955. The number of fused-ring (bicyclic) bond motifs is 4. The van der Waals surface area contributed by atoms with Crippen LogP contribution in [0.3, 0.4) is 0 Å². The molecule has 0 amide bonds. The highest BCUT2D eigenvalue weighted by atomic mass is 19.1. The first-order valence-corrected chi connectivity index (χ1v) is 15.4. The second kappa shape index (κ2) is 10.6. The summed E-state index contributed by atoms with van der Waals surface area (Å²) >= 11 is 0. The van der Waals surface area contributed by atoms with Gasteiger partial charge in [-0.05, 0) is 55.8 Å². The average molecular weight is 627 g/mol. The Morgan fingerprint density at radius 2 is 2.02 bits per heavy atom. The number of hydrogen-bond donors (Lipinski definition) is 1. The molecule has 0 bridgehead atoms. The van der Waals surface area contributed by atoms with Crippen LogP contribution < -0.4 is 14.4 Å². The predicted molar refractivity (Wildman–Crippen MR) is 163 cm³/mol. The van der Waals surface area contributed by atoms with Crippen LogP contribution in [-0.4, -0.2) is 75.6 Å². The number of hydrogen-bond acceptors (Lipinski definition) is 9. The summed E-state index contributed by atoms with van der Waals surface area (Å²) in [6.07, 6.45) is 8.15. The lowest BCUT2D eigenvalue weighted by Gasteiger charge is -2.38. The summed E-state index contributed by atoms with van der Waals surface area (Å²) in [5.41, 5.74) is -0.941. The third-order valence-electron chi connectivity index (χ3n) is 10.0. The molecule has 8 rings (SSSR count). The van der Waals surface area contributed by atoms with Crippen LogP contribution in [0, 0.1) is 41.2 Å². The SMILES string of the molecule is C#Cc1c(F)ccc2cc(O)cc(-c3nc4c5c(nc(OC[C@@]67CCCN6C[C@H](F)C7)nc5c3F)N3CCC[C@@H](C#N)[C@H]3CO4)c12. The second-order valence-electron chi connectivity index (χ2n) is 12.6. The summed E-state index contributed by atoms with van der Waals surface area (Å²) in [5, 5.41) is 21.4. The Bertz CT molecular complexity index is 2010. The van der Waals surface area contributed by atoms with Crippen LogP contribution in [-0.2, 0) is 0 Å². The molecule has 6 heterocycles. The molecule has 0 unspecified atom stereocenters. The first-order valence-electron chi connectivity index (χ1n) is 15.4. The van der Waals surface area contributed by atoms with E-state index >= 15 is 4.39 Å². The number of piperidine rings is 1. The topological polar surface area (TPSA) is 108 Å². The molecule has 9 nitrogen and oxygen atoms in total. The van der Waals surface area contributed by atoms with Gasteiger partial charge >= 0.3 is 6.01 Å². The Kier molecular flexibility index (Phi) is 6.62. The fraction of sp³-hybridized carbons (Fsp3) is 0.412. The number of phenolic OH excluding ortho intramolecular Hbond substituents is 1. The lowest BCUT2D eigenvalue weighted by atomic mass is 9.90. The zero-order valence-electron chi connectivity index (χ0n) is 24.8. The first kappa shape index (κ1) is 28.6. The maximum Gasteiger partial charge on any atom is 0.319 e. The maximum absolute atomic E-state index is 16.9. The number of benzene rings is 2. The molecule has 46 heavy (non-hydrogen) atoms. The Morgan fingerprint density at radius 1 is 1.15 bits per heavy atom. The van der Waals surface area contributed by atoms with Crippen molar-refractivity contribution < 1.29 is 27.8 Å². The number of ether oxygens (including phenoxy) is 2. The van der Waals surface area contributed by atoms with Crippen LogP contribution in [0.25, 0.3) is 32.9 Å². The molecule has 12 heteroatoms. The van der Waals surface area contributed by atoms with Gasteiger partial charge in [-0.2, -0.15) is 15.2 Å². The van der Waals surface area contributed by atoms with Gasteiger partial charge in [-0.1, -0.05) is 12.0 Å². The number of phenols is 1. The van der Waals surface area contributed by atoms with Crippen molar-refractivity contribution in [2.75, 3.05) is 37.7 Å². The molecule has 2 aromatic heterocycles. The Morgan fingerprint density at radius 3 is 2.85 bits per heavy atom. The van der Waals surface area contributed by atoms with E-state index in [1.54, 1.807) is 0 Å². The van der Waals surface area contributed by atoms with Crippen molar-refractivity contribution in [3.63, 3.8) is 0 Å². The zero-order valence-corrected chi connectivity index (χ0v) is 24.8. The Hall–Kier alpha value is -4.81. The van der Waals surface area contributed by atoms with E-state index in [-0.39, 0.29) is 75.9 Å². The van der Waals surface area contributed by atoms with Crippen LogP contribution in [0.4, 0.5) is 19.0 Å². The molecule has 4 aliphatic heterocycles. The standard InChI is InChI=1S/C34H29F3N6O3/c1-2-22-24(36)7-6-18-11-21(44)12-23(26(18)22)29-28(37)30-27-31(43-10-3-5-19(14-38)25(43)16-45-32(27)39-29)41-33(40-30)46-17-34-8-4-9-42(34)15-20(35)13-34/h1,6-7,11-12,19-20,25,44H,3-5,8-10,13,15-17H2/t19-,20+,25+,34-/m0/s1. The van der Waals surface area contributed by atoms with Crippen LogP contribution in [0.1, 0.15) is 37.7 Å². The molecule has 4 aromatic rings. The third kappa shape index (κ3) is 4.31. The molecule has 4 atom stereocenters. The van der Waals surface area contributed by atoms with E-state index < -0.39 is 23.3 Å². The van der Waals surface area contributed by atoms with E-state index in [1.807, 2.05) is 4.90 Å². The summed E-state index contributed by atoms with van der Waals surface area (Å²) < 4.78 is 58.7. The molecule has 4 aliphatic rings. The van der Waals surface area contributed by atoms with Gasteiger partial charge in [0.2, 0.25) is 5.88 Å². The van der Waals surface area contributed by atoms with Crippen molar-refractivity contribution in [3.05, 3.63) is 41.5 Å². The number of anilines is 1. The summed E-state index contributed by atoms with van der Waals surface area (Å²) in [7, 11) is 0. The van der Waals surface area contributed by atoms with E-state index in [4.69, 9.17) is 20.9 Å². The Balaban J connectivity index is 1.34. The first-order chi connectivity index (χ1) is 22.3. The zero-order chi connectivity index (χ0) is 31.7.